The molecule has 0 spiro atoms. The number of amides is 1. The lowest BCUT2D eigenvalue weighted by Crippen LogP contribution is -2.45. The van der Waals surface area contributed by atoms with Gasteiger partial charge < -0.3 is 16.2 Å². The second-order valence-corrected chi connectivity index (χ2v) is 5.24. The van der Waals surface area contributed by atoms with Crippen molar-refractivity contribution in [1.82, 2.24) is 5.32 Å². The van der Waals surface area contributed by atoms with E-state index in [0.29, 0.717) is 25.9 Å². The summed E-state index contributed by atoms with van der Waals surface area (Å²) < 4.78 is 0. The Morgan fingerprint density at radius 2 is 2.12 bits per heavy atom. The Labute approximate surface area is 104 Å². The average Bonchev–Trinajstić information content (AvgIpc) is 2.35. The van der Waals surface area contributed by atoms with Gasteiger partial charge >= 0.3 is 0 Å². The lowest BCUT2D eigenvalue weighted by molar-refractivity contribution is -0.122. The molecule has 1 rings (SSSR count). The number of nitrogens with one attached hydrogen (secondary N) is 1. The molecule has 0 aromatic rings. The molecule has 4 nitrogen and oxygen atoms in total. The second-order valence-electron chi connectivity index (χ2n) is 5.24. The molecule has 0 unspecified atom stereocenters. The summed E-state index contributed by atoms with van der Waals surface area (Å²) in [5.41, 5.74) is 4.67. The van der Waals surface area contributed by atoms with Gasteiger partial charge in [-0.25, -0.2) is 0 Å². The topological polar surface area (TPSA) is 75.3 Å². The Hall–Kier alpha value is -0.610. The molecule has 4 heteroatoms. The van der Waals surface area contributed by atoms with Crippen molar-refractivity contribution in [3.05, 3.63) is 0 Å². The van der Waals surface area contributed by atoms with Crippen LogP contribution in [0.2, 0.25) is 0 Å². The number of rotatable bonds is 6. The smallest absolute Gasteiger partial charge is 0.220 e. The maximum absolute atomic E-state index is 11.4. The van der Waals surface area contributed by atoms with Gasteiger partial charge in [0.05, 0.1) is 5.60 Å². The van der Waals surface area contributed by atoms with Gasteiger partial charge in [0.2, 0.25) is 5.91 Å². The molecule has 0 aliphatic heterocycles. The minimum absolute atomic E-state index is 0.00138. The molecular weight excluding hydrogens is 216 g/mol. The zero-order valence-corrected chi connectivity index (χ0v) is 10.9. The zero-order chi connectivity index (χ0) is 12.7. The van der Waals surface area contributed by atoms with Crippen molar-refractivity contribution >= 4 is 5.91 Å². The second kappa shape index (κ2) is 6.97. The Bertz CT molecular complexity index is 236. The Balaban J connectivity index is 2.24. The van der Waals surface area contributed by atoms with Crippen LogP contribution in [-0.4, -0.2) is 29.7 Å². The minimum atomic E-state index is -0.677. The third-order valence-electron chi connectivity index (χ3n) is 3.84. The molecule has 0 radical (unpaired) electrons. The van der Waals surface area contributed by atoms with E-state index in [1.165, 1.54) is 6.42 Å². The fraction of sp³-hybridized carbons (Fsp3) is 0.923. The third-order valence-corrected chi connectivity index (χ3v) is 3.84. The predicted molar refractivity (Wildman–Crippen MR) is 68.5 cm³/mol. The van der Waals surface area contributed by atoms with Crippen LogP contribution < -0.4 is 11.1 Å². The maximum atomic E-state index is 11.4. The van der Waals surface area contributed by atoms with E-state index in [1.54, 1.807) is 0 Å². The number of carbonyl (C=O) groups excluding carboxylic acids is 1. The molecule has 17 heavy (non-hydrogen) atoms. The first kappa shape index (κ1) is 14.5. The number of hydrogen-bond donors (Lipinski definition) is 3. The summed E-state index contributed by atoms with van der Waals surface area (Å²) in [6, 6.07) is 0. The Kier molecular flexibility index (Phi) is 5.92. The van der Waals surface area contributed by atoms with E-state index in [-0.39, 0.29) is 5.91 Å². The first-order valence-corrected chi connectivity index (χ1v) is 6.79. The first-order chi connectivity index (χ1) is 8.09. The van der Waals surface area contributed by atoms with E-state index in [4.69, 9.17) is 5.73 Å². The van der Waals surface area contributed by atoms with Gasteiger partial charge in [0.25, 0.3) is 0 Å². The summed E-state index contributed by atoms with van der Waals surface area (Å²) >= 11 is 0. The molecule has 1 saturated carbocycles. The molecular formula is C13H26N2O2. The van der Waals surface area contributed by atoms with E-state index in [0.717, 1.165) is 31.6 Å². The van der Waals surface area contributed by atoms with Crippen LogP contribution in [0.4, 0.5) is 0 Å². The van der Waals surface area contributed by atoms with E-state index in [1.807, 2.05) is 0 Å². The molecule has 1 aliphatic rings. The van der Waals surface area contributed by atoms with Crippen LogP contribution in [-0.2, 0) is 4.79 Å². The van der Waals surface area contributed by atoms with Crippen molar-refractivity contribution in [3.8, 4) is 0 Å². The van der Waals surface area contributed by atoms with Crippen LogP contribution in [0.5, 0.6) is 0 Å². The fourth-order valence-corrected chi connectivity index (χ4v) is 2.41. The van der Waals surface area contributed by atoms with Gasteiger partial charge in [-0.3, -0.25) is 4.79 Å². The third kappa shape index (κ3) is 5.04. The number of aliphatic hydroxyl groups is 1. The van der Waals surface area contributed by atoms with E-state index >= 15 is 0 Å². The Morgan fingerprint density at radius 1 is 1.47 bits per heavy atom. The molecule has 4 N–H and O–H groups in total. The zero-order valence-electron chi connectivity index (χ0n) is 10.9. The highest BCUT2D eigenvalue weighted by molar-refractivity contribution is 5.75. The number of carbonyl (C=O) groups is 1. The number of nitrogens with two attached hydrogens (primary N) is 1. The molecule has 1 fully saturated rings. The summed E-state index contributed by atoms with van der Waals surface area (Å²) in [5, 5.41) is 13.1. The molecule has 0 heterocycles. The van der Waals surface area contributed by atoms with Crippen molar-refractivity contribution in [3.63, 3.8) is 0 Å². The van der Waals surface area contributed by atoms with Crippen LogP contribution >= 0.6 is 0 Å². The fourth-order valence-electron chi connectivity index (χ4n) is 2.41. The van der Waals surface area contributed by atoms with Crippen molar-refractivity contribution in [2.75, 3.05) is 13.1 Å². The minimum Gasteiger partial charge on any atom is -0.388 e. The van der Waals surface area contributed by atoms with Crippen molar-refractivity contribution in [2.45, 2.75) is 57.5 Å². The first-order valence-electron chi connectivity index (χ1n) is 6.79. The van der Waals surface area contributed by atoms with Crippen molar-refractivity contribution in [2.24, 2.45) is 11.7 Å². The highest BCUT2D eigenvalue weighted by atomic mass is 16.3. The standard InChI is InChI=1S/C13H26N2O2/c1-2-11-5-7-13(17,8-6-11)10-15-12(16)4-3-9-14/h11,17H,2-10,14H2,1H3,(H,15,16). The van der Waals surface area contributed by atoms with Crippen LogP contribution in [0, 0.1) is 5.92 Å². The molecule has 0 aromatic carbocycles. The average molecular weight is 242 g/mol. The highest BCUT2D eigenvalue weighted by Crippen LogP contribution is 2.33. The Morgan fingerprint density at radius 3 is 2.65 bits per heavy atom. The normalized spacial score (nSPS) is 29.0. The summed E-state index contributed by atoms with van der Waals surface area (Å²) in [4.78, 5) is 11.4. The van der Waals surface area contributed by atoms with Gasteiger partial charge in [-0.2, -0.15) is 0 Å². The predicted octanol–water partition coefficient (Wildman–Crippen LogP) is 1.17. The van der Waals surface area contributed by atoms with Crippen LogP contribution in [0.25, 0.3) is 0 Å². The molecule has 1 aliphatic carbocycles. The highest BCUT2D eigenvalue weighted by Gasteiger charge is 2.32. The van der Waals surface area contributed by atoms with Gasteiger partial charge in [-0.1, -0.05) is 13.3 Å². The van der Waals surface area contributed by atoms with Gasteiger partial charge in [-0.05, 0) is 44.6 Å². The molecule has 0 saturated heterocycles. The monoisotopic (exact) mass is 242 g/mol. The summed E-state index contributed by atoms with van der Waals surface area (Å²) in [6.07, 6.45) is 6.13. The lowest BCUT2D eigenvalue weighted by Gasteiger charge is -2.35. The van der Waals surface area contributed by atoms with Crippen LogP contribution in [0.1, 0.15) is 51.9 Å². The van der Waals surface area contributed by atoms with Gasteiger partial charge in [-0.15, -0.1) is 0 Å². The van der Waals surface area contributed by atoms with E-state index < -0.39 is 5.60 Å². The van der Waals surface area contributed by atoms with Gasteiger partial charge in [0.15, 0.2) is 0 Å². The number of hydrogen-bond acceptors (Lipinski definition) is 3. The summed E-state index contributed by atoms with van der Waals surface area (Å²) in [6.45, 7) is 3.13. The van der Waals surface area contributed by atoms with E-state index in [9.17, 15) is 9.90 Å². The lowest BCUT2D eigenvalue weighted by atomic mass is 9.78. The maximum Gasteiger partial charge on any atom is 0.220 e. The van der Waals surface area contributed by atoms with Crippen molar-refractivity contribution < 1.29 is 9.90 Å². The van der Waals surface area contributed by atoms with E-state index in [2.05, 4.69) is 12.2 Å². The molecule has 0 aromatic heterocycles. The van der Waals surface area contributed by atoms with Crippen LogP contribution in [0.15, 0.2) is 0 Å². The van der Waals surface area contributed by atoms with Gasteiger partial charge in [0, 0.05) is 13.0 Å². The largest absolute Gasteiger partial charge is 0.388 e. The quantitative estimate of drug-likeness (QED) is 0.654. The molecule has 1 amide bonds. The SMILES string of the molecule is CCC1CCC(O)(CNC(=O)CCCN)CC1. The van der Waals surface area contributed by atoms with Crippen molar-refractivity contribution in [1.29, 1.82) is 0 Å². The summed E-state index contributed by atoms with van der Waals surface area (Å²) in [7, 11) is 0. The van der Waals surface area contributed by atoms with Crippen LogP contribution in [0.3, 0.4) is 0 Å². The van der Waals surface area contributed by atoms with Gasteiger partial charge in [0.1, 0.15) is 0 Å². The molecule has 0 bridgehead atoms. The molecule has 100 valence electrons. The summed E-state index contributed by atoms with van der Waals surface area (Å²) in [5.74, 6) is 0.754. The molecule has 0 atom stereocenters.